The van der Waals surface area contributed by atoms with Gasteiger partial charge in [-0.3, -0.25) is 4.79 Å². The van der Waals surface area contributed by atoms with Crippen LogP contribution in [0.25, 0.3) is 0 Å². The van der Waals surface area contributed by atoms with Crippen LogP contribution in [-0.2, 0) is 11.2 Å². The van der Waals surface area contributed by atoms with Crippen LogP contribution in [0.3, 0.4) is 0 Å². The third kappa shape index (κ3) is 3.54. The van der Waals surface area contributed by atoms with Gasteiger partial charge in [0.2, 0.25) is 0 Å². The number of amides is 1. The third-order valence-corrected chi connectivity index (χ3v) is 3.87. The maximum atomic E-state index is 12.4. The van der Waals surface area contributed by atoms with Gasteiger partial charge in [-0.25, -0.2) is 0 Å². The summed E-state index contributed by atoms with van der Waals surface area (Å²) in [4.78, 5) is 14.2. The van der Waals surface area contributed by atoms with Crippen molar-refractivity contribution in [2.45, 2.75) is 25.9 Å². The van der Waals surface area contributed by atoms with Crippen molar-refractivity contribution in [1.82, 2.24) is 10.1 Å². The van der Waals surface area contributed by atoms with Gasteiger partial charge >= 0.3 is 0 Å². The van der Waals surface area contributed by atoms with Crippen LogP contribution in [0.2, 0.25) is 0 Å². The maximum Gasteiger partial charge on any atom is 0.276 e. The van der Waals surface area contributed by atoms with Gasteiger partial charge in [-0.05, 0) is 25.3 Å². The van der Waals surface area contributed by atoms with Crippen molar-refractivity contribution >= 4 is 5.91 Å². The van der Waals surface area contributed by atoms with Crippen LogP contribution in [0.5, 0.6) is 0 Å². The number of ether oxygens (including phenoxy) is 1. The Hall–Kier alpha value is -2.14. The van der Waals surface area contributed by atoms with Crippen LogP contribution < -0.4 is 0 Å². The summed E-state index contributed by atoms with van der Waals surface area (Å²) in [6.45, 7) is 3.57. The highest BCUT2D eigenvalue weighted by Crippen LogP contribution is 2.15. The Kier molecular flexibility index (Phi) is 4.53. The molecule has 1 atom stereocenters. The molecule has 1 aliphatic heterocycles. The zero-order chi connectivity index (χ0) is 15.4. The van der Waals surface area contributed by atoms with Gasteiger partial charge < -0.3 is 14.2 Å². The Morgan fingerprint density at radius 3 is 2.91 bits per heavy atom. The third-order valence-electron chi connectivity index (χ3n) is 3.87. The average Bonchev–Trinajstić information content (AvgIpc) is 3.00. The number of nitrogens with zero attached hydrogens (tertiary/aromatic N) is 2. The van der Waals surface area contributed by atoms with E-state index in [0.717, 1.165) is 12.8 Å². The lowest BCUT2D eigenvalue weighted by Gasteiger charge is -2.32. The highest BCUT2D eigenvalue weighted by molar-refractivity contribution is 5.92. The van der Waals surface area contributed by atoms with Crippen molar-refractivity contribution in [2.75, 3.05) is 19.7 Å². The van der Waals surface area contributed by atoms with Gasteiger partial charge in [-0.2, -0.15) is 0 Å². The summed E-state index contributed by atoms with van der Waals surface area (Å²) in [5, 5.41) is 3.80. The van der Waals surface area contributed by atoms with Crippen LogP contribution in [0, 0.1) is 6.92 Å². The highest BCUT2D eigenvalue weighted by Gasteiger charge is 2.26. The van der Waals surface area contributed by atoms with E-state index < -0.39 is 0 Å². The number of benzene rings is 1. The van der Waals surface area contributed by atoms with Gasteiger partial charge in [0.05, 0.1) is 12.7 Å². The molecule has 5 heteroatoms. The van der Waals surface area contributed by atoms with E-state index in [-0.39, 0.29) is 12.0 Å². The van der Waals surface area contributed by atoms with Gasteiger partial charge in [0.1, 0.15) is 5.76 Å². The number of morpholine rings is 1. The Morgan fingerprint density at radius 2 is 2.18 bits per heavy atom. The highest BCUT2D eigenvalue weighted by atomic mass is 16.5. The molecule has 0 spiro atoms. The van der Waals surface area contributed by atoms with E-state index in [9.17, 15) is 4.79 Å². The summed E-state index contributed by atoms with van der Waals surface area (Å²) in [5.74, 6) is 0.571. The van der Waals surface area contributed by atoms with Crippen LogP contribution in [0.4, 0.5) is 0 Å². The molecule has 1 fully saturated rings. The first-order valence-electron chi connectivity index (χ1n) is 7.60. The molecular weight excluding hydrogens is 280 g/mol. The normalized spacial score (nSPS) is 18.4. The first-order valence-corrected chi connectivity index (χ1v) is 7.60. The quantitative estimate of drug-likeness (QED) is 0.870. The summed E-state index contributed by atoms with van der Waals surface area (Å²) < 4.78 is 10.8. The molecule has 0 unspecified atom stereocenters. The van der Waals surface area contributed by atoms with Crippen LogP contribution >= 0.6 is 0 Å². The van der Waals surface area contributed by atoms with Crippen molar-refractivity contribution in [1.29, 1.82) is 0 Å². The van der Waals surface area contributed by atoms with Crippen molar-refractivity contribution in [3.8, 4) is 0 Å². The molecule has 1 amide bonds. The Morgan fingerprint density at radius 1 is 1.36 bits per heavy atom. The van der Waals surface area contributed by atoms with Gasteiger partial charge in [-0.15, -0.1) is 0 Å². The molecule has 1 aliphatic rings. The van der Waals surface area contributed by atoms with Crippen LogP contribution in [-0.4, -0.2) is 41.8 Å². The molecule has 22 heavy (non-hydrogen) atoms. The topological polar surface area (TPSA) is 55.6 Å². The fourth-order valence-corrected chi connectivity index (χ4v) is 2.68. The monoisotopic (exact) mass is 300 g/mol. The standard InChI is InChI=1S/C17H20N2O3/c1-13-11-16(18-22-13)17(20)19-9-10-21-15(12-19)8-7-14-5-3-2-4-6-14/h2-6,11,15H,7-10,12H2,1H3/t15-/m0/s1. The largest absolute Gasteiger partial charge is 0.375 e. The first-order chi connectivity index (χ1) is 10.7. The fraction of sp³-hybridized carbons (Fsp3) is 0.412. The Labute approximate surface area is 129 Å². The second-order valence-electron chi connectivity index (χ2n) is 5.59. The van der Waals surface area contributed by atoms with Gasteiger partial charge in [-0.1, -0.05) is 35.5 Å². The SMILES string of the molecule is Cc1cc(C(=O)N2CCO[C@@H](CCc3ccccc3)C2)no1. The lowest BCUT2D eigenvalue weighted by Crippen LogP contribution is -2.45. The van der Waals surface area contributed by atoms with Crippen molar-refractivity contribution in [3.05, 3.63) is 53.4 Å². The molecule has 3 rings (SSSR count). The summed E-state index contributed by atoms with van der Waals surface area (Å²) in [7, 11) is 0. The molecule has 5 nitrogen and oxygen atoms in total. The minimum absolute atomic E-state index is 0.0749. The second-order valence-corrected chi connectivity index (χ2v) is 5.59. The van der Waals surface area contributed by atoms with Gasteiger partial charge in [0.25, 0.3) is 5.91 Å². The number of carbonyl (C=O) groups excluding carboxylic acids is 1. The molecule has 1 aromatic carbocycles. The Balaban J connectivity index is 1.56. The zero-order valence-electron chi connectivity index (χ0n) is 12.7. The van der Waals surface area contributed by atoms with Crippen molar-refractivity contribution < 1.29 is 14.1 Å². The summed E-state index contributed by atoms with van der Waals surface area (Å²) in [5.41, 5.74) is 1.67. The second kappa shape index (κ2) is 6.75. The minimum Gasteiger partial charge on any atom is -0.375 e. The molecule has 1 aromatic heterocycles. The number of hydrogen-bond acceptors (Lipinski definition) is 4. The average molecular weight is 300 g/mol. The lowest BCUT2D eigenvalue weighted by atomic mass is 10.1. The number of aryl methyl sites for hydroxylation is 2. The molecule has 116 valence electrons. The maximum absolute atomic E-state index is 12.4. The van der Waals surface area contributed by atoms with E-state index in [2.05, 4.69) is 17.3 Å². The summed E-state index contributed by atoms with van der Waals surface area (Å²) in [6, 6.07) is 12.0. The van der Waals surface area contributed by atoms with Gasteiger partial charge in [0.15, 0.2) is 5.69 Å². The molecule has 0 bridgehead atoms. The number of carbonyl (C=O) groups is 1. The van der Waals surface area contributed by atoms with E-state index in [1.807, 2.05) is 18.2 Å². The first kappa shape index (κ1) is 14.8. The molecule has 0 aliphatic carbocycles. The number of rotatable bonds is 4. The molecular formula is C17H20N2O3. The summed E-state index contributed by atoms with van der Waals surface area (Å²) >= 11 is 0. The lowest BCUT2D eigenvalue weighted by molar-refractivity contribution is -0.0248. The van der Waals surface area contributed by atoms with E-state index in [0.29, 0.717) is 31.2 Å². The zero-order valence-corrected chi connectivity index (χ0v) is 12.7. The predicted octanol–water partition coefficient (Wildman–Crippen LogP) is 2.46. The Bertz CT molecular complexity index is 624. The van der Waals surface area contributed by atoms with Crippen molar-refractivity contribution in [3.63, 3.8) is 0 Å². The fourth-order valence-electron chi connectivity index (χ4n) is 2.68. The predicted molar refractivity (Wildman–Crippen MR) is 81.6 cm³/mol. The van der Waals surface area contributed by atoms with Gasteiger partial charge in [0, 0.05) is 19.2 Å². The molecule has 0 radical (unpaired) electrons. The van der Waals surface area contributed by atoms with E-state index in [1.54, 1.807) is 17.9 Å². The van der Waals surface area contributed by atoms with E-state index in [4.69, 9.17) is 9.26 Å². The van der Waals surface area contributed by atoms with E-state index in [1.165, 1.54) is 5.56 Å². The van der Waals surface area contributed by atoms with Crippen LogP contribution in [0.15, 0.2) is 40.9 Å². The molecule has 2 aromatic rings. The van der Waals surface area contributed by atoms with Crippen molar-refractivity contribution in [2.24, 2.45) is 0 Å². The summed E-state index contributed by atoms with van der Waals surface area (Å²) in [6.07, 6.45) is 1.94. The number of aromatic nitrogens is 1. The molecule has 0 saturated carbocycles. The molecule has 1 saturated heterocycles. The smallest absolute Gasteiger partial charge is 0.276 e. The van der Waals surface area contributed by atoms with Crippen LogP contribution in [0.1, 0.15) is 28.2 Å². The number of hydrogen-bond donors (Lipinski definition) is 0. The molecule has 2 heterocycles. The minimum atomic E-state index is -0.0788. The molecule has 0 N–H and O–H groups in total. The van der Waals surface area contributed by atoms with E-state index >= 15 is 0 Å².